The third kappa shape index (κ3) is 4.97. The molecule has 0 radical (unpaired) electrons. The van der Waals surface area contributed by atoms with Gasteiger partial charge in [-0.2, -0.15) is 0 Å². The summed E-state index contributed by atoms with van der Waals surface area (Å²) in [5.41, 5.74) is 1.26. The van der Waals surface area contributed by atoms with Crippen molar-refractivity contribution in [2.45, 2.75) is 6.92 Å². The average molecular weight is 406 g/mol. The van der Waals surface area contributed by atoms with Crippen molar-refractivity contribution < 1.29 is 19.0 Å². The Bertz CT molecular complexity index is 819. The topological polar surface area (TPSA) is 48.0 Å². The number of rotatable bonds is 5. The molecule has 0 N–H and O–H groups in total. The van der Waals surface area contributed by atoms with Crippen molar-refractivity contribution in [1.29, 1.82) is 0 Å². The Balaban J connectivity index is 1.79. The van der Waals surface area contributed by atoms with E-state index in [2.05, 4.69) is 4.90 Å². The molecule has 0 saturated carbocycles. The number of esters is 1. The minimum atomic E-state index is -0.476. The van der Waals surface area contributed by atoms with E-state index in [1.807, 2.05) is 19.1 Å². The summed E-state index contributed by atoms with van der Waals surface area (Å²) >= 11 is 11.5. The number of carbonyl (C=O) groups is 1. The number of carbonyl (C=O) groups excluding carboxylic acids is 1. The summed E-state index contributed by atoms with van der Waals surface area (Å²) in [7, 11) is 0. The van der Waals surface area contributed by atoms with Crippen molar-refractivity contribution in [3.05, 3.63) is 58.6 Å². The molecule has 2 aromatic carbocycles. The zero-order valence-corrected chi connectivity index (χ0v) is 16.5. The van der Waals surface area contributed by atoms with Crippen LogP contribution in [0.5, 0.6) is 11.5 Å². The van der Waals surface area contributed by atoms with Gasteiger partial charge in [0, 0.05) is 23.7 Å². The summed E-state index contributed by atoms with van der Waals surface area (Å²) in [6.45, 7) is 5.16. The fraction of sp³-hybridized carbons (Fsp3) is 0.300. The number of hydrogen-bond donors (Lipinski definition) is 0. The highest BCUT2D eigenvalue weighted by atomic mass is 35.5. The van der Waals surface area contributed by atoms with E-state index in [9.17, 15) is 4.79 Å². The zero-order valence-electron chi connectivity index (χ0n) is 14.9. The van der Waals surface area contributed by atoms with Crippen LogP contribution in [-0.4, -0.2) is 48.8 Å². The molecule has 0 aliphatic carbocycles. The second kappa shape index (κ2) is 9.17. The summed E-state index contributed by atoms with van der Waals surface area (Å²) in [5, 5.41) is 0.558. The molecule has 0 unspecified atom stereocenters. The summed E-state index contributed by atoms with van der Waals surface area (Å²) < 4.78 is 16.6. The first-order valence-corrected chi connectivity index (χ1v) is 9.48. The van der Waals surface area contributed by atoms with Gasteiger partial charge < -0.3 is 19.1 Å². The van der Waals surface area contributed by atoms with Crippen molar-refractivity contribution in [3.63, 3.8) is 0 Å². The summed E-state index contributed by atoms with van der Waals surface area (Å²) in [4.78, 5) is 15.2. The Kier molecular flexibility index (Phi) is 6.66. The van der Waals surface area contributed by atoms with Gasteiger partial charge in [-0.15, -0.1) is 0 Å². The van der Waals surface area contributed by atoms with Crippen molar-refractivity contribution in [2.75, 3.05) is 32.9 Å². The number of halogens is 1. The van der Waals surface area contributed by atoms with Crippen LogP contribution >= 0.6 is 23.8 Å². The highest BCUT2D eigenvalue weighted by Gasteiger charge is 2.18. The van der Waals surface area contributed by atoms with Gasteiger partial charge in [0.1, 0.15) is 4.99 Å². The first-order chi connectivity index (χ1) is 13.1. The first kappa shape index (κ1) is 19.6. The molecule has 0 aromatic heterocycles. The molecule has 0 atom stereocenters. The standard InChI is InChI=1S/C20H20ClNO4S/c1-2-25-18-13-15(19(27)22-9-11-24-12-10-22)5-8-17(18)26-20(23)14-3-6-16(21)7-4-14/h3-8,13H,2,9-12H2,1H3. The Morgan fingerprint density at radius 1 is 1.11 bits per heavy atom. The van der Waals surface area contributed by atoms with Crippen LogP contribution < -0.4 is 9.47 Å². The number of ether oxygens (including phenoxy) is 3. The van der Waals surface area contributed by atoms with Gasteiger partial charge in [0.25, 0.3) is 0 Å². The number of nitrogens with zero attached hydrogens (tertiary/aromatic N) is 1. The molecule has 1 heterocycles. The number of thiocarbonyl (C=S) groups is 1. The lowest BCUT2D eigenvalue weighted by Crippen LogP contribution is -2.40. The van der Waals surface area contributed by atoms with Gasteiger partial charge in [0.05, 0.1) is 25.4 Å². The summed E-state index contributed by atoms with van der Waals surface area (Å²) in [5.74, 6) is 0.356. The molecule has 3 rings (SSSR count). The van der Waals surface area contributed by atoms with E-state index < -0.39 is 5.97 Å². The van der Waals surface area contributed by atoms with Crippen LogP contribution in [0.4, 0.5) is 0 Å². The van der Waals surface area contributed by atoms with Crippen LogP contribution in [0.15, 0.2) is 42.5 Å². The van der Waals surface area contributed by atoms with Gasteiger partial charge in [0.2, 0.25) is 0 Å². The highest BCUT2D eigenvalue weighted by Crippen LogP contribution is 2.30. The van der Waals surface area contributed by atoms with Crippen LogP contribution in [0.25, 0.3) is 0 Å². The third-order valence-electron chi connectivity index (χ3n) is 4.07. The Labute approximate surface area is 168 Å². The van der Waals surface area contributed by atoms with E-state index >= 15 is 0 Å². The molecule has 2 aromatic rings. The molecule has 1 aliphatic rings. The van der Waals surface area contributed by atoms with Gasteiger partial charge in [-0.3, -0.25) is 0 Å². The van der Waals surface area contributed by atoms with Gasteiger partial charge in [-0.05, 0) is 49.4 Å². The molecule has 0 bridgehead atoms. The van der Waals surface area contributed by atoms with Crippen LogP contribution in [0, 0.1) is 0 Å². The number of hydrogen-bond acceptors (Lipinski definition) is 5. The maximum Gasteiger partial charge on any atom is 0.343 e. The summed E-state index contributed by atoms with van der Waals surface area (Å²) in [6.07, 6.45) is 0. The van der Waals surface area contributed by atoms with Crippen LogP contribution in [0.1, 0.15) is 22.8 Å². The van der Waals surface area contributed by atoms with Crippen molar-refractivity contribution in [3.8, 4) is 11.5 Å². The number of morpholine rings is 1. The number of benzene rings is 2. The van der Waals surface area contributed by atoms with Crippen LogP contribution in [-0.2, 0) is 4.74 Å². The molecule has 1 fully saturated rings. The first-order valence-electron chi connectivity index (χ1n) is 8.70. The van der Waals surface area contributed by atoms with E-state index in [-0.39, 0.29) is 0 Å². The van der Waals surface area contributed by atoms with Crippen molar-refractivity contribution >= 4 is 34.8 Å². The lowest BCUT2D eigenvalue weighted by molar-refractivity contribution is 0.0692. The Hall–Kier alpha value is -2.15. The normalized spacial score (nSPS) is 13.9. The predicted octanol–water partition coefficient (Wildman–Crippen LogP) is 3.97. The maximum atomic E-state index is 12.4. The molecule has 0 spiro atoms. The average Bonchev–Trinajstić information content (AvgIpc) is 2.70. The van der Waals surface area contributed by atoms with Crippen molar-refractivity contribution in [1.82, 2.24) is 4.90 Å². The zero-order chi connectivity index (χ0) is 19.2. The van der Waals surface area contributed by atoms with E-state index in [1.54, 1.807) is 30.3 Å². The fourth-order valence-electron chi connectivity index (χ4n) is 2.69. The monoisotopic (exact) mass is 405 g/mol. The molecular weight excluding hydrogens is 386 g/mol. The second-order valence-corrected chi connectivity index (χ2v) is 6.72. The molecule has 7 heteroatoms. The SMILES string of the molecule is CCOc1cc(C(=S)N2CCOCC2)ccc1OC(=O)c1ccc(Cl)cc1. The smallest absolute Gasteiger partial charge is 0.343 e. The van der Waals surface area contributed by atoms with E-state index in [4.69, 9.17) is 38.0 Å². The van der Waals surface area contributed by atoms with Gasteiger partial charge in [-0.1, -0.05) is 23.8 Å². The fourth-order valence-corrected chi connectivity index (χ4v) is 3.12. The lowest BCUT2D eigenvalue weighted by atomic mass is 10.1. The molecule has 1 saturated heterocycles. The maximum absolute atomic E-state index is 12.4. The predicted molar refractivity (Wildman–Crippen MR) is 108 cm³/mol. The molecule has 0 amide bonds. The minimum absolute atomic E-state index is 0.352. The Morgan fingerprint density at radius 2 is 1.78 bits per heavy atom. The third-order valence-corrected chi connectivity index (χ3v) is 4.82. The van der Waals surface area contributed by atoms with E-state index in [0.717, 1.165) is 23.6 Å². The molecular formula is C20H20ClNO4S. The highest BCUT2D eigenvalue weighted by molar-refractivity contribution is 7.80. The molecule has 142 valence electrons. The minimum Gasteiger partial charge on any atom is -0.490 e. The summed E-state index contributed by atoms with van der Waals surface area (Å²) in [6, 6.07) is 11.9. The molecule has 27 heavy (non-hydrogen) atoms. The van der Waals surface area contributed by atoms with Gasteiger partial charge in [-0.25, -0.2) is 4.79 Å². The van der Waals surface area contributed by atoms with E-state index in [0.29, 0.717) is 41.9 Å². The van der Waals surface area contributed by atoms with Crippen LogP contribution in [0.2, 0.25) is 5.02 Å². The lowest BCUT2D eigenvalue weighted by Gasteiger charge is -2.29. The second-order valence-electron chi connectivity index (χ2n) is 5.90. The largest absolute Gasteiger partial charge is 0.490 e. The van der Waals surface area contributed by atoms with Gasteiger partial charge in [0.15, 0.2) is 11.5 Å². The van der Waals surface area contributed by atoms with E-state index in [1.165, 1.54) is 0 Å². The quantitative estimate of drug-likeness (QED) is 0.426. The van der Waals surface area contributed by atoms with Gasteiger partial charge >= 0.3 is 5.97 Å². The molecule has 1 aliphatic heterocycles. The molecule has 5 nitrogen and oxygen atoms in total. The van der Waals surface area contributed by atoms with Crippen molar-refractivity contribution in [2.24, 2.45) is 0 Å². The Morgan fingerprint density at radius 3 is 2.44 bits per heavy atom. The van der Waals surface area contributed by atoms with Crippen LogP contribution in [0.3, 0.4) is 0 Å².